The third-order valence-electron chi connectivity index (χ3n) is 3.68. The number of hydrogen-bond acceptors (Lipinski definition) is 10. The zero-order valence-corrected chi connectivity index (χ0v) is 19.5. The Labute approximate surface area is 197 Å². The highest BCUT2D eigenvalue weighted by molar-refractivity contribution is 5.86. The number of nitrogens with two attached hydrogens (primary N) is 1. The van der Waals surface area contributed by atoms with Crippen LogP contribution in [0.3, 0.4) is 0 Å². The van der Waals surface area contributed by atoms with E-state index in [0.717, 1.165) is 0 Å². The Morgan fingerprint density at radius 2 is 1.68 bits per heavy atom. The number of rotatable bonds is 20. The zero-order chi connectivity index (χ0) is 25.8. The van der Waals surface area contributed by atoms with Crippen molar-refractivity contribution in [1.82, 2.24) is 26.8 Å². The van der Waals surface area contributed by atoms with Gasteiger partial charge in [-0.2, -0.15) is 0 Å². The van der Waals surface area contributed by atoms with Gasteiger partial charge >= 0.3 is 12.0 Å². The van der Waals surface area contributed by atoms with E-state index >= 15 is 0 Å². The summed E-state index contributed by atoms with van der Waals surface area (Å²) in [7, 11) is 0. The number of hydrazine groups is 1. The molecule has 4 amide bonds. The van der Waals surface area contributed by atoms with E-state index in [0.29, 0.717) is 26.0 Å². The van der Waals surface area contributed by atoms with Crippen LogP contribution in [0, 0.1) is 5.92 Å². The average Bonchev–Trinajstić information content (AvgIpc) is 2.78. The van der Waals surface area contributed by atoms with Gasteiger partial charge in [-0.05, 0) is 5.92 Å². The predicted molar refractivity (Wildman–Crippen MR) is 118 cm³/mol. The van der Waals surface area contributed by atoms with E-state index in [1.54, 1.807) is 0 Å². The van der Waals surface area contributed by atoms with Crippen molar-refractivity contribution in [2.24, 2.45) is 11.7 Å². The summed E-state index contributed by atoms with van der Waals surface area (Å²) in [6, 6.07) is -3.09. The second-order valence-electron chi connectivity index (χ2n) is 7.34. The van der Waals surface area contributed by atoms with Crippen LogP contribution in [0.25, 0.3) is 0 Å². The molecule has 0 radical (unpaired) electrons. The molecule has 15 heteroatoms. The van der Waals surface area contributed by atoms with Crippen molar-refractivity contribution in [2.75, 3.05) is 59.3 Å². The van der Waals surface area contributed by atoms with Gasteiger partial charge in [0.15, 0.2) is 6.04 Å². The molecule has 0 bridgehead atoms. The van der Waals surface area contributed by atoms with Crippen molar-refractivity contribution >= 4 is 30.1 Å². The fourth-order valence-electron chi connectivity index (χ4n) is 2.12. The molecular formula is C19H36N6O9. The minimum atomic E-state index is -1.28. The van der Waals surface area contributed by atoms with Crippen LogP contribution in [0.1, 0.15) is 13.8 Å². The lowest BCUT2D eigenvalue weighted by molar-refractivity contribution is -0.141. The lowest BCUT2D eigenvalue weighted by atomic mass is 10.2. The number of hydrogen-bond donors (Lipinski definition) is 7. The van der Waals surface area contributed by atoms with Gasteiger partial charge in [-0.15, -0.1) is 0 Å². The summed E-state index contributed by atoms with van der Waals surface area (Å²) in [6.07, 6.45) is 0.473. The Balaban J connectivity index is 4.08. The smallest absolute Gasteiger partial charge is 0.328 e. The van der Waals surface area contributed by atoms with Gasteiger partial charge in [0.25, 0.3) is 5.91 Å². The van der Waals surface area contributed by atoms with Crippen molar-refractivity contribution in [3.63, 3.8) is 0 Å². The Kier molecular flexibility index (Phi) is 18.0. The number of amides is 4. The second-order valence-corrected chi connectivity index (χ2v) is 7.34. The molecule has 15 nitrogen and oxygen atoms in total. The molecule has 0 saturated carbocycles. The maximum Gasteiger partial charge on any atom is 0.328 e. The van der Waals surface area contributed by atoms with Crippen LogP contribution >= 0.6 is 0 Å². The minimum absolute atomic E-state index is 0.124. The Morgan fingerprint density at radius 1 is 0.971 bits per heavy atom. The molecule has 0 aliphatic heterocycles. The zero-order valence-electron chi connectivity index (χ0n) is 19.5. The monoisotopic (exact) mass is 492 g/mol. The molecule has 2 atom stereocenters. The summed E-state index contributed by atoms with van der Waals surface area (Å²) in [5.74, 6) is -2.29. The van der Waals surface area contributed by atoms with Crippen LogP contribution in [0.4, 0.5) is 4.79 Å². The SMILES string of the molecule is CC(C)COCC(NC(=O)NCC(=O)NNCC(C=O)NC(=O)COCCOCCN)C(=O)O. The first kappa shape index (κ1) is 31.1. The number of nitrogens with one attached hydrogen (secondary N) is 5. The van der Waals surface area contributed by atoms with Gasteiger partial charge in [0.05, 0.1) is 39.0 Å². The summed E-state index contributed by atoms with van der Waals surface area (Å²) in [5, 5.41) is 15.9. The number of carbonyl (C=O) groups is 5. The highest BCUT2D eigenvalue weighted by Gasteiger charge is 2.20. The van der Waals surface area contributed by atoms with Gasteiger partial charge in [-0.1, -0.05) is 13.8 Å². The van der Waals surface area contributed by atoms with Gasteiger partial charge < -0.3 is 45.8 Å². The highest BCUT2D eigenvalue weighted by atomic mass is 16.5. The summed E-state index contributed by atoms with van der Waals surface area (Å²) >= 11 is 0. The van der Waals surface area contributed by atoms with Crippen molar-refractivity contribution in [2.45, 2.75) is 25.9 Å². The fourth-order valence-corrected chi connectivity index (χ4v) is 2.12. The third kappa shape index (κ3) is 17.7. The number of carboxylic acid groups (broad SMARTS) is 1. The predicted octanol–water partition coefficient (Wildman–Crippen LogP) is -3.29. The third-order valence-corrected chi connectivity index (χ3v) is 3.68. The minimum Gasteiger partial charge on any atom is -0.480 e. The number of carboxylic acids is 1. The van der Waals surface area contributed by atoms with E-state index in [4.69, 9.17) is 25.1 Å². The van der Waals surface area contributed by atoms with Crippen LogP contribution in [0.5, 0.6) is 0 Å². The molecule has 0 aliphatic rings. The molecule has 0 aliphatic carbocycles. The fraction of sp³-hybridized carbons (Fsp3) is 0.737. The van der Waals surface area contributed by atoms with Crippen molar-refractivity contribution in [3.05, 3.63) is 0 Å². The van der Waals surface area contributed by atoms with Crippen LogP contribution < -0.4 is 32.5 Å². The number of aldehydes is 1. The van der Waals surface area contributed by atoms with Crippen molar-refractivity contribution in [1.29, 1.82) is 0 Å². The van der Waals surface area contributed by atoms with Crippen LogP contribution in [-0.2, 0) is 33.4 Å². The van der Waals surface area contributed by atoms with Crippen LogP contribution in [0.15, 0.2) is 0 Å². The normalized spacial score (nSPS) is 12.5. The van der Waals surface area contributed by atoms with Gasteiger partial charge in [0.1, 0.15) is 12.9 Å². The topological polar surface area (TPSA) is 219 Å². The highest BCUT2D eigenvalue weighted by Crippen LogP contribution is 1.94. The Morgan fingerprint density at radius 3 is 2.29 bits per heavy atom. The van der Waals surface area contributed by atoms with E-state index in [-0.39, 0.29) is 38.9 Å². The number of aliphatic carboxylic acids is 1. The molecule has 0 saturated heterocycles. The molecule has 0 fully saturated rings. The van der Waals surface area contributed by atoms with Crippen LogP contribution in [-0.4, -0.2) is 107 Å². The molecule has 0 heterocycles. The van der Waals surface area contributed by atoms with Crippen LogP contribution in [0.2, 0.25) is 0 Å². The summed E-state index contributed by atoms with van der Waals surface area (Å²) < 4.78 is 15.4. The lowest BCUT2D eigenvalue weighted by Crippen LogP contribution is -2.53. The maximum absolute atomic E-state index is 11.8. The lowest BCUT2D eigenvalue weighted by Gasteiger charge is -2.17. The molecular weight excluding hydrogens is 456 g/mol. The first-order chi connectivity index (χ1) is 16.2. The van der Waals surface area contributed by atoms with E-state index in [1.807, 2.05) is 13.8 Å². The molecule has 0 spiro atoms. The number of urea groups is 1. The molecule has 34 heavy (non-hydrogen) atoms. The van der Waals surface area contributed by atoms with Crippen molar-refractivity contribution in [3.8, 4) is 0 Å². The molecule has 0 rings (SSSR count). The molecule has 0 aromatic carbocycles. The first-order valence-electron chi connectivity index (χ1n) is 10.7. The van der Waals surface area contributed by atoms with Gasteiger partial charge in [-0.3, -0.25) is 15.0 Å². The summed E-state index contributed by atoms with van der Waals surface area (Å²) in [4.78, 5) is 57.6. The quantitative estimate of drug-likeness (QED) is 0.0507. The maximum atomic E-state index is 11.8. The Bertz CT molecular complexity index is 635. The average molecular weight is 493 g/mol. The van der Waals surface area contributed by atoms with E-state index in [9.17, 15) is 24.0 Å². The first-order valence-corrected chi connectivity index (χ1v) is 10.7. The molecule has 2 unspecified atom stereocenters. The van der Waals surface area contributed by atoms with Gasteiger partial charge in [-0.25, -0.2) is 15.0 Å². The Hall–Kier alpha value is -2.85. The van der Waals surface area contributed by atoms with E-state index in [1.165, 1.54) is 0 Å². The number of carbonyl (C=O) groups excluding carboxylic acids is 4. The molecule has 0 aromatic heterocycles. The van der Waals surface area contributed by atoms with Gasteiger partial charge in [0, 0.05) is 19.7 Å². The van der Waals surface area contributed by atoms with E-state index < -0.39 is 42.4 Å². The molecule has 196 valence electrons. The second kappa shape index (κ2) is 19.6. The largest absolute Gasteiger partial charge is 0.480 e. The summed E-state index contributed by atoms with van der Waals surface area (Å²) in [5.41, 5.74) is 9.94. The number of ether oxygens (including phenoxy) is 3. The van der Waals surface area contributed by atoms with Gasteiger partial charge in [0.2, 0.25) is 5.91 Å². The standard InChI is InChI=1S/C19H36N6O9/c1-13(2)10-34-11-15(18(29)30)24-19(31)21-8-16(27)25-22-7-14(9-26)23-17(28)12-33-6-5-32-4-3-20/h9,13-15,22H,3-8,10-12,20H2,1-2H3,(H,23,28)(H,25,27)(H,29,30)(H2,21,24,31). The molecule has 8 N–H and O–H groups in total. The summed E-state index contributed by atoms with van der Waals surface area (Å²) in [6.45, 7) is 4.26. The molecule has 0 aromatic rings. The van der Waals surface area contributed by atoms with E-state index in [2.05, 4.69) is 26.8 Å². The van der Waals surface area contributed by atoms with Crippen molar-refractivity contribution < 1.29 is 43.3 Å².